The lowest BCUT2D eigenvalue weighted by Gasteiger charge is -2.16. The third-order valence-electron chi connectivity index (χ3n) is 2.88. The number of rotatable bonds is 8. The molecule has 1 N–H and O–H groups in total. The zero-order valence-corrected chi connectivity index (χ0v) is 11.3. The molecule has 0 aromatic rings. The van der Waals surface area contributed by atoms with Crippen molar-refractivity contribution in [2.24, 2.45) is 5.92 Å². The van der Waals surface area contributed by atoms with Crippen LogP contribution in [0.15, 0.2) is 0 Å². The van der Waals surface area contributed by atoms with Crippen LogP contribution in [0.2, 0.25) is 0 Å². The maximum Gasteiger partial charge on any atom is 0.323 e. The standard InChI is InChI=1S/C12H23NO2S/c1-4-9(2)7-16-8-11(12(14)15-3)13-10-5-6-10/h9-11,13H,4-8H2,1-3H3. The second kappa shape index (κ2) is 7.17. The summed E-state index contributed by atoms with van der Waals surface area (Å²) in [5, 5.41) is 3.34. The van der Waals surface area contributed by atoms with Crippen molar-refractivity contribution in [2.45, 2.75) is 45.2 Å². The number of hydrogen-bond acceptors (Lipinski definition) is 4. The number of hydrogen-bond donors (Lipinski definition) is 1. The smallest absolute Gasteiger partial charge is 0.323 e. The van der Waals surface area contributed by atoms with Gasteiger partial charge in [-0.25, -0.2) is 0 Å². The SMILES string of the molecule is CCC(C)CSCC(NC1CC1)C(=O)OC. The van der Waals surface area contributed by atoms with Gasteiger partial charge >= 0.3 is 5.97 Å². The quantitative estimate of drug-likeness (QED) is 0.664. The molecule has 1 aliphatic carbocycles. The first kappa shape index (κ1) is 13.8. The third-order valence-corrected chi connectivity index (χ3v) is 4.26. The van der Waals surface area contributed by atoms with Crippen LogP contribution in [0.25, 0.3) is 0 Å². The number of carbonyl (C=O) groups is 1. The van der Waals surface area contributed by atoms with E-state index in [4.69, 9.17) is 4.74 Å². The fourth-order valence-corrected chi connectivity index (χ4v) is 2.61. The van der Waals surface area contributed by atoms with Crippen LogP contribution in [0.1, 0.15) is 33.1 Å². The van der Waals surface area contributed by atoms with E-state index >= 15 is 0 Å². The summed E-state index contributed by atoms with van der Waals surface area (Å²) in [7, 11) is 1.46. The van der Waals surface area contributed by atoms with Crippen molar-refractivity contribution in [2.75, 3.05) is 18.6 Å². The highest BCUT2D eigenvalue weighted by Crippen LogP contribution is 2.21. The van der Waals surface area contributed by atoms with Crippen LogP contribution in [0, 0.1) is 5.92 Å². The molecule has 0 aromatic carbocycles. The maximum atomic E-state index is 11.5. The Morgan fingerprint density at radius 3 is 2.69 bits per heavy atom. The first-order valence-electron chi connectivity index (χ1n) is 6.09. The summed E-state index contributed by atoms with van der Waals surface area (Å²) in [6.45, 7) is 4.44. The van der Waals surface area contributed by atoms with Crippen molar-refractivity contribution in [1.82, 2.24) is 5.32 Å². The first-order chi connectivity index (χ1) is 7.67. The third kappa shape index (κ3) is 5.21. The molecule has 0 radical (unpaired) electrons. The number of carbonyl (C=O) groups excluding carboxylic acids is 1. The largest absolute Gasteiger partial charge is 0.468 e. The molecule has 1 fully saturated rings. The zero-order valence-electron chi connectivity index (χ0n) is 10.5. The number of esters is 1. The van der Waals surface area contributed by atoms with Gasteiger partial charge in [0.15, 0.2) is 0 Å². The lowest BCUT2D eigenvalue weighted by Crippen LogP contribution is -2.41. The molecule has 1 aliphatic rings. The van der Waals surface area contributed by atoms with Crippen LogP contribution in [0.5, 0.6) is 0 Å². The lowest BCUT2D eigenvalue weighted by molar-refractivity contribution is -0.142. The van der Waals surface area contributed by atoms with E-state index in [0.29, 0.717) is 6.04 Å². The normalized spacial score (nSPS) is 19.2. The molecule has 0 heterocycles. The second-order valence-electron chi connectivity index (χ2n) is 4.57. The number of ether oxygens (including phenoxy) is 1. The van der Waals surface area contributed by atoms with Crippen LogP contribution in [-0.2, 0) is 9.53 Å². The van der Waals surface area contributed by atoms with E-state index in [2.05, 4.69) is 19.2 Å². The first-order valence-corrected chi connectivity index (χ1v) is 7.24. The molecule has 1 rings (SSSR count). The van der Waals surface area contributed by atoms with Gasteiger partial charge in [0.2, 0.25) is 0 Å². The molecule has 0 aromatic heterocycles. The van der Waals surface area contributed by atoms with Gasteiger partial charge in [-0.3, -0.25) is 4.79 Å². The molecule has 1 saturated carbocycles. The van der Waals surface area contributed by atoms with E-state index in [0.717, 1.165) is 17.4 Å². The average molecular weight is 245 g/mol. The molecule has 0 aliphatic heterocycles. The minimum Gasteiger partial charge on any atom is -0.468 e. The van der Waals surface area contributed by atoms with Gasteiger partial charge in [-0.1, -0.05) is 20.3 Å². The molecular weight excluding hydrogens is 222 g/mol. The van der Waals surface area contributed by atoms with Crippen LogP contribution >= 0.6 is 11.8 Å². The van der Waals surface area contributed by atoms with Crippen LogP contribution in [-0.4, -0.2) is 36.7 Å². The molecule has 4 heteroatoms. The summed E-state index contributed by atoms with van der Waals surface area (Å²) >= 11 is 1.84. The van der Waals surface area contributed by atoms with Crippen molar-refractivity contribution in [3.63, 3.8) is 0 Å². The highest BCUT2D eigenvalue weighted by atomic mass is 32.2. The molecule has 3 nitrogen and oxygen atoms in total. The zero-order chi connectivity index (χ0) is 12.0. The van der Waals surface area contributed by atoms with E-state index in [1.165, 1.54) is 26.4 Å². The van der Waals surface area contributed by atoms with Gasteiger partial charge in [0, 0.05) is 11.8 Å². The van der Waals surface area contributed by atoms with E-state index in [9.17, 15) is 4.79 Å². The molecule has 0 saturated heterocycles. The molecular formula is C12H23NO2S. The summed E-state index contributed by atoms with van der Waals surface area (Å²) < 4.78 is 4.81. The van der Waals surface area contributed by atoms with E-state index < -0.39 is 0 Å². The number of thioether (sulfide) groups is 1. The molecule has 0 bridgehead atoms. The minimum atomic E-state index is -0.122. The summed E-state index contributed by atoms with van der Waals surface area (Å²) in [5.74, 6) is 2.55. The van der Waals surface area contributed by atoms with Gasteiger partial charge in [0.25, 0.3) is 0 Å². The fraction of sp³-hybridized carbons (Fsp3) is 0.917. The molecule has 2 atom stereocenters. The Bertz CT molecular complexity index is 219. The minimum absolute atomic E-state index is 0.119. The molecule has 2 unspecified atom stereocenters. The van der Waals surface area contributed by atoms with Gasteiger partial charge < -0.3 is 10.1 Å². The van der Waals surface area contributed by atoms with Gasteiger partial charge in [0.05, 0.1) is 7.11 Å². The monoisotopic (exact) mass is 245 g/mol. The van der Waals surface area contributed by atoms with Gasteiger partial charge in [-0.2, -0.15) is 11.8 Å². The Morgan fingerprint density at radius 2 is 2.19 bits per heavy atom. The number of methoxy groups -OCH3 is 1. The Morgan fingerprint density at radius 1 is 1.50 bits per heavy atom. The van der Waals surface area contributed by atoms with Crippen molar-refractivity contribution in [3.8, 4) is 0 Å². The summed E-state index contributed by atoms with van der Waals surface area (Å²) in [4.78, 5) is 11.5. The molecule has 94 valence electrons. The Labute approximate surface area is 103 Å². The van der Waals surface area contributed by atoms with E-state index in [-0.39, 0.29) is 12.0 Å². The Balaban J connectivity index is 2.23. The summed E-state index contributed by atoms with van der Waals surface area (Å²) in [5.41, 5.74) is 0. The highest BCUT2D eigenvalue weighted by Gasteiger charge is 2.28. The molecule has 16 heavy (non-hydrogen) atoms. The topological polar surface area (TPSA) is 38.3 Å². The van der Waals surface area contributed by atoms with Crippen LogP contribution < -0.4 is 5.32 Å². The second-order valence-corrected chi connectivity index (χ2v) is 5.64. The maximum absolute atomic E-state index is 11.5. The van der Waals surface area contributed by atoms with E-state index in [1.54, 1.807) is 0 Å². The fourth-order valence-electron chi connectivity index (χ4n) is 1.37. The number of nitrogens with one attached hydrogen (secondary N) is 1. The van der Waals surface area contributed by atoms with Crippen molar-refractivity contribution < 1.29 is 9.53 Å². The predicted molar refractivity (Wildman–Crippen MR) is 68.7 cm³/mol. The summed E-state index contributed by atoms with van der Waals surface area (Å²) in [6, 6.07) is 0.430. The Kier molecular flexibility index (Phi) is 6.21. The molecule has 0 spiro atoms. The Hall–Kier alpha value is -0.220. The van der Waals surface area contributed by atoms with Crippen LogP contribution in [0.4, 0.5) is 0 Å². The van der Waals surface area contributed by atoms with Crippen molar-refractivity contribution in [3.05, 3.63) is 0 Å². The van der Waals surface area contributed by atoms with E-state index in [1.807, 2.05) is 11.8 Å². The van der Waals surface area contributed by atoms with Crippen molar-refractivity contribution in [1.29, 1.82) is 0 Å². The molecule has 0 amide bonds. The highest BCUT2D eigenvalue weighted by molar-refractivity contribution is 7.99. The van der Waals surface area contributed by atoms with Gasteiger partial charge in [0.1, 0.15) is 6.04 Å². The van der Waals surface area contributed by atoms with Crippen molar-refractivity contribution >= 4 is 17.7 Å². The summed E-state index contributed by atoms with van der Waals surface area (Å²) in [6.07, 6.45) is 3.60. The lowest BCUT2D eigenvalue weighted by atomic mass is 10.2. The van der Waals surface area contributed by atoms with Crippen LogP contribution in [0.3, 0.4) is 0 Å². The van der Waals surface area contributed by atoms with Gasteiger partial charge in [-0.05, 0) is 24.5 Å². The van der Waals surface area contributed by atoms with Gasteiger partial charge in [-0.15, -0.1) is 0 Å². The predicted octanol–water partition coefficient (Wildman–Crippen LogP) is 2.06. The average Bonchev–Trinajstić information content (AvgIpc) is 3.10.